The van der Waals surface area contributed by atoms with Crippen LogP contribution in [0.5, 0.6) is 5.75 Å². The Morgan fingerprint density at radius 3 is 2.57 bits per heavy atom. The molecule has 3 atom stereocenters. The van der Waals surface area contributed by atoms with E-state index in [0.717, 1.165) is 37.6 Å². The highest BCUT2D eigenvalue weighted by molar-refractivity contribution is 7.92. The Balaban J connectivity index is 1.38. The molecule has 1 N–H and O–H groups in total. The van der Waals surface area contributed by atoms with Gasteiger partial charge in [-0.05, 0) is 63.0 Å². The molecule has 2 heterocycles. The van der Waals surface area contributed by atoms with Crippen molar-refractivity contribution in [1.82, 2.24) is 19.8 Å². The molecule has 0 radical (unpaired) electrons. The molecule has 1 aliphatic heterocycles. The third-order valence-electron chi connectivity index (χ3n) is 7.96. The van der Waals surface area contributed by atoms with Crippen LogP contribution in [-0.2, 0) is 16.2 Å². The molecule has 3 aromatic rings. The average molecular weight is 628 g/mol. The number of alkyl halides is 3. The summed E-state index contributed by atoms with van der Waals surface area (Å²) in [6, 6.07) is 8.69. The van der Waals surface area contributed by atoms with E-state index in [2.05, 4.69) is 24.5 Å². The first kappa shape index (κ1) is 30.5. The minimum Gasteiger partial charge on any atom is -0.487 e. The van der Waals surface area contributed by atoms with Crippen molar-refractivity contribution in [2.45, 2.75) is 54.4 Å². The van der Waals surface area contributed by atoms with Crippen molar-refractivity contribution >= 4 is 27.4 Å². The molecule has 0 amide bonds. The fourth-order valence-corrected chi connectivity index (χ4v) is 7.03. The van der Waals surface area contributed by atoms with Crippen molar-refractivity contribution in [3.63, 3.8) is 0 Å². The lowest BCUT2D eigenvalue weighted by Gasteiger charge is -2.49. The Kier molecular flexibility index (Phi) is 8.66. The topological polar surface area (TPSA) is 87.7 Å². The van der Waals surface area contributed by atoms with Gasteiger partial charge < -0.3 is 9.64 Å². The lowest BCUT2D eigenvalue weighted by molar-refractivity contribution is -0.137. The number of rotatable bonds is 8. The molecule has 2 aromatic carbocycles. The number of hydrogen-bond acceptors (Lipinski definition) is 7. The largest absolute Gasteiger partial charge is 0.487 e. The third kappa shape index (κ3) is 6.64. The van der Waals surface area contributed by atoms with E-state index in [9.17, 15) is 21.6 Å². The molecule has 5 rings (SSSR count). The Morgan fingerprint density at radius 1 is 1.14 bits per heavy atom. The SMILES string of the molecule is CN1CC(N(C)[C@H]2C[C@@H](c3cccc(C(F)(F)F)c3)CC[C@@H]2Oc2cc(F)c(S(=O)(=O)Nc3ccncn3)cc2Cl)C1. The zero-order valence-corrected chi connectivity index (χ0v) is 24.4. The zero-order chi connectivity index (χ0) is 30.2. The van der Waals surface area contributed by atoms with Crippen molar-refractivity contribution in [2.75, 3.05) is 31.9 Å². The van der Waals surface area contributed by atoms with Crippen LogP contribution in [0.15, 0.2) is 59.9 Å². The molecule has 2 aliphatic rings. The van der Waals surface area contributed by atoms with Crippen LogP contribution in [0.2, 0.25) is 5.02 Å². The number of halogens is 5. The number of anilines is 1. The van der Waals surface area contributed by atoms with E-state index in [4.69, 9.17) is 16.3 Å². The maximum atomic E-state index is 15.2. The van der Waals surface area contributed by atoms with Gasteiger partial charge in [-0.3, -0.25) is 9.62 Å². The molecule has 42 heavy (non-hydrogen) atoms. The second kappa shape index (κ2) is 11.9. The van der Waals surface area contributed by atoms with Crippen LogP contribution in [-0.4, -0.2) is 73.6 Å². The van der Waals surface area contributed by atoms with E-state index < -0.39 is 38.6 Å². The monoisotopic (exact) mass is 627 g/mol. The Morgan fingerprint density at radius 2 is 1.90 bits per heavy atom. The van der Waals surface area contributed by atoms with Crippen molar-refractivity contribution < 1.29 is 30.7 Å². The Labute approximate surface area is 246 Å². The molecule has 0 bridgehead atoms. The molecule has 8 nitrogen and oxygen atoms in total. The third-order valence-corrected chi connectivity index (χ3v) is 9.62. The quantitative estimate of drug-likeness (QED) is 0.334. The van der Waals surface area contributed by atoms with Crippen LogP contribution in [0.3, 0.4) is 0 Å². The predicted octanol–water partition coefficient (Wildman–Crippen LogP) is 5.42. The number of likely N-dealkylation sites (N-methyl/N-ethyl adjacent to an activating group) is 2. The number of hydrogen-bond donors (Lipinski definition) is 1. The molecule has 1 saturated carbocycles. The number of nitrogens with zero attached hydrogens (tertiary/aromatic N) is 4. The summed E-state index contributed by atoms with van der Waals surface area (Å²) in [6.07, 6.45) is -0.855. The maximum Gasteiger partial charge on any atom is 0.416 e. The normalized spacial score (nSPS) is 22.1. The summed E-state index contributed by atoms with van der Waals surface area (Å²) in [6.45, 7) is 1.66. The zero-order valence-electron chi connectivity index (χ0n) is 22.9. The van der Waals surface area contributed by atoms with Gasteiger partial charge in [0.25, 0.3) is 10.0 Å². The standard InChI is InChI=1S/C28H30ClF4N5O3S/c1-37-14-20(15-37)38(2)23-11-18(17-4-3-5-19(10-17)28(31,32)33)6-7-24(23)41-25-13-22(30)26(12-21(25)29)42(39,40)36-27-8-9-34-16-35-27/h3-5,8-10,12-13,16,18,20,23-24H,6-7,11,14-15H2,1-2H3,(H,34,35,36)/t18-,23-,24-/m0/s1. The molecule has 1 aromatic heterocycles. The van der Waals surface area contributed by atoms with Gasteiger partial charge in [-0.15, -0.1) is 0 Å². The van der Waals surface area contributed by atoms with Crippen LogP contribution in [0.1, 0.15) is 36.3 Å². The molecular formula is C28H30ClF4N5O3S. The summed E-state index contributed by atoms with van der Waals surface area (Å²) >= 11 is 6.43. The number of benzene rings is 2. The first-order chi connectivity index (χ1) is 19.8. The number of aromatic nitrogens is 2. The van der Waals surface area contributed by atoms with Gasteiger partial charge in [-0.1, -0.05) is 29.8 Å². The molecule has 1 aliphatic carbocycles. The van der Waals surface area contributed by atoms with Crippen molar-refractivity contribution in [1.29, 1.82) is 0 Å². The van der Waals surface area contributed by atoms with E-state index in [0.29, 0.717) is 24.8 Å². The van der Waals surface area contributed by atoms with Crippen molar-refractivity contribution in [3.8, 4) is 5.75 Å². The van der Waals surface area contributed by atoms with E-state index in [1.165, 1.54) is 24.4 Å². The number of ether oxygens (including phenoxy) is 1. The molecule has 0 unspecified atom stereocenters. The maximum absolute atomic E-state index is 15.2. The first-order valence-electron chi connectivity index (χ1n) is 13.3. The van der Waals surface area contributed by atoms with Crippen molar-refractivity contribution in [2.24, 2.45) is 0 Å². The highest BCUT2D eigenvalue weighted by Crippen LogP contribution is 2.41. The van der Waals surface area contributed by atoms with Crippen LogP contribution >= 0.6 is 11.6 Å². The Hall–Kier alpha value is -3.00. The highest BCUT2D eigenvalue weighted by atomic mass is 35.5. The first-order valence-corrected chi connectivity index (χ1v) is 15.2. The van der Waals surface area contributed by atoms with Gasteiger partial charge in [-0.25, -0.2) is 22.8 Å². The summed E-state index contributed by atoms with van der Waals surface area (Å²) in [5.74, 6) is -1.24. The fourth-order valence-electron chi connectivity index (χ4n) is 5.66. The Bertz CT molecular complexity index is 1520. The van der Waals surface area contributed by atoms with E-state index >= 15 is 4.39 Å². The molecule has 226 valence electrons. The second-order valence-corrected chi connectivity index (χ2v) is 12.9. The summed E-state index contributed by atoms with van der Waals surface area (Å²) < 4.78 is 89.5. The molecule has 0 spiro atoms. The molecule has 2 fully saturated rings. The summed E-state index contributed by atoms with van der Waals surface area (Å²) in [4.78, 5) is 11.2. The number of nitrogens with one attached hydrogen (secondary N) is 1. The van der Waals surface area contributed by atoms with Gasteiger partial charge in [0.2, 0.25) is 0 Å². The van der Waals surface area contributed by atoms with Gasteiger partial charge in [0.05, 0.1) is 10.6 Å². The minimum atomic E-state index is -4.44. The van der Waals surface area contributed by atoms with Crippen LogP contribution in [0.25, 0.3) is 0 Å². The van der Waals surface area contributed by atoms with E-state index in [1.807, 2.05) is 14.1 Å². The van der Waals surface area contributed by atoms with Gasteiger partial charge in [0.15, 0.2) is 0 Å². The smallest absolute Gasteiger partial charge is 0.416 e. The average Bonchev–Trinajstić information content (AvgIpc) is 2.92. The van der Waals surface area contributed by atoms with E-state index in [1.54, 1.807) is 6.07 Å². The number of sulfonamides is 1. The second-order valence-electron chi connectivity index (χ2n) is 10.8. The van der Waals surface area contributed by atoms with Gasteiger partial charge >= 0.3 is 6.18 Å². The molecule has 1 saturated heterocycles. The van der Waals surface area contributed by atoms with E-state index in [-0.39, 0.29) is 34.6 Å². The lowest BCUT2D eigenvalue weighted by Crippen LogP contribution is -2.62. The molecular weight excluding hydrogens is 598 g/mol. The van der Waals surface area contributed by atoms with Gasteiger partial charge in [0, 0.05) is 37.4 Å². The lowest BCUT2D eigenvalue weighted by atomic mass is 9.78. The van der Waals surface area contributed by atoms with Gasteiger partial charge in [0.1, 0.15) is 34.7 Å². The van der Waals surface area contributed by atoms with Crippen LogP contribution in [0.4, 0.5) is 23.4 Å². The summed E-state index contributed by atoms with van der Waals surface area (Å²) in [7, 11) is -0.389. The highest BCUT2D eigenvalue weighted by Gasteiger charge is 2.41. The predicted molar refractivity (Wildman–Crippen MR) is 150 cm³/mol. The van der Waals surface area contributed by atoms with Gasteiger partial charge in [-0.2, -0.15) is 13.2 Å². The van der Waals surface area contributed by atoms with Crippen LogP contribution in [0, 0.1) is 5.82 Å². The minimum absolute atomic E-state index is 0.0122. The summed E-state index contributed by atoms with van der Waals surface area (Å²) in [5, 5.41) is -0.0933. The fraction of sp³-hybridized carbons (Fsp3) is 0.429. The number of likely N-dealkylation sites (tertiary alicyclic amines) is 1. The van der Waals surface area contributed by atoms with Crippen molar-refractivity contribution in [3.05, 3.63) is 77.0 Å². The molecule has 14 heteroatoms. The summed E-state index contributed by atoms with van der Waals surface area (Å²) in [5.41, 5.74) is -0.0716. The van der Waals surface area contributed by atoms with Crippen LogP contribution < -0.4 is 9.46 Å².